The lowest BCUT2D eigenvalue weighted by atomic mass is 9.48. The molecule has 4 aliphatic carbocycles. The Labute approximate surface area is 182 Å². The topological polar surface area (TPSA) is 9.23 Å². The fourth-order valence-corrected chi connectivity index (χ4v) is 7.25. The Kier molecular flexibility index (Phi) is 5.82. The maximum absolute atomic E-state index is 6.13. The SMILES string of the molecule is C[N+]1(CCOc2ccc(C34CC5CC(CC(C5)C3)C4)cc2)CCCCC1.I. The van der Waals surface area contributed by atoms with Crippen LogP contribution in [0.5, 0.6) is 5.75 Å². The first kappa shape index (κ1) is 20.0. The van der Waals surface area contributed by atoms with Crippen LogP contribution in [0, 0.1) is 17.8 Å². The van der Waals surface area contributed by atoms with Gasteiger partial charge in [0.05, 0.1) is 20.1 Å². The number of quaternary nitrogens is 1. The molecule has 3 heteroatoms. The van der Waals surface area contributed by atoms with Crippen molar-refractivity contribution in [2.24, 2.45) is 17.8 Å². The van der Waals surface area contributed by atoms with E-state index in [2.05, 4.69) is 31.3 Å². The first-order chi connectivity index (χ1) is 12.6. The van der Waals surface area contributed by atoms with E-state index in [0.717, 1.165) is 36.7 Å². The van der Waals surface area contributed by atoms with Crippen LogP contribution >= 0.6 is 24.0 Å². The maximum Gasteiger partial charge on any atom is 0.137 e. The zero-order valence-corrected chi connectivity index (χ0v) is 19.3. The molecule has 6 rings (SSSR count). The minimum absolute atomic E-state index is 0. The van der Waals surface area contributed by atoms with E-state index < -0.39 is 0 Å². The molecule has 4 saturated carbocycles. The van der Waals surface area contributed by atoms with Crippen molar-refractivity contribution in [1.29, 1.82) is 0 Å². The van der Waals surface area contributed by atoms with E-state index in [9.17, 15) is 0 Å². The number of ether oxygens (including phenoxy) is 1. The van der Waals surface area contributed by atoms with Crippen LogP contribution in [0.3, 0.4) is 0 Å². The summed E-state index contributed by atoms with van der Waals surface area (Å²) in [5.41, 5.74) is 2.12. The van der Waals surface area contributed by atoms with Crippen LogP contribution in [0.25, 0.3) is 0 Å². The molecule has 1 saturated heterocycles. The van der Waals surface area contributed by atoms with Gasteiger partial charge in [0.25, 0.3) is 0 Å². The average molecular weight is 482 g/mol. The number of nitrogens with zero attached hydrogens (tertiary/aromatic N) is 1. The minimum Gasteiger partial charge on any atom is -0.488 e. The summed E-state index contributed by atoms with van der Waals surface area (Å²) in [5, 5.41) is 0. The Bertz CT molecular complexity index is 599. The number of hydrogen-bond acceptors (Lipinski definition) is 1. The van der Waals surface area contributed by atoms with Crippen LogP contribution in [-0.4, -0.2) is 37.8 Å². The molecule has 1 aromatic carbocycles. The second-order valence-electron chi connectivity index (χ2n) is 10.4. The number of hydrogen-bond donors (Lipinski definition) is 0. The molecular formula is C24H37INO+. The van der Waals surface area contributed by atoms with Gasteiger partial charge in [-0.1, -0.05) is 12.1 Å². The van der Waals surface area contributed by atoms with E-state index >= 15 is 0 Å². The maximum atomic E-state index is 6.13. The monoisotopic (exact) mass is 482 g/mol. The Morgan fingerprint density at radius 2 is 1.44 bits per heavy atom. The molecule has 0 radical (unpaired) electrons. The van der Waals surface area contributed by atoms with E-state index in [0.29, 0.717) is 5.41 Å². The van der Waals surface area contributed by atoms with Crippen molar-refractivity contribution in [2.75, 3.05) is 33.3 Å². The van der Waals surface area contributed by atoms with Gasteiger partial charge in [0.1, 0.15) is 18.9 Å². The molecule has 1 aromatic rings. The van der Waals surface area contributed by atoms with Gasteiger partial charge in [-0.25, -0.2) is 0 Å². The van der Waals surface area contributed by atoms with E-state index in [1.165, 1.54) is 75.4 Å². The second-order valence-corrected chi connectivity index (χ2v) is 10.4. The first-order valence-corrected chi connectivity index (χ1v) is 11.2. The fraction of sp³-hybridized carbons (Fsp3) is 0.750. The van der Waals surface area contributed by atoms with Crippen LogP contribution < -0.4 is 4.74 Å². The molecule has 1 heterocycles. The number of likely N-dealkylation sites (N-methyl/N-ethyl adjacent to an activating group) is 1. The summed E-state index contributed by atoms with van der Waals surface area (Å²) in [6.07, 6.45) is 13.1. The van der Waals surface area contributed by atoms with Gasteiger partial charge >= 0.3 is 0 Å². The van der Waals surface area contributed by atoms with Gasteiger partial charge in [0.2, 0.25) is 0 Å². The summed E-state index contributed by atoms with van der Waals surface area (Å²) < 4.78 is 7.33. The molecule has 0 unspecified atom stereocenters. The van der Waals surface area contributed by atoms with Crippen molar-refractivity contribution in [3.63, 3.8) is 0 Å². The predicted molar refractivity (Wildman–Crippen MR) is 122 cm³/mol. The van der Waals surface area contributed by atoms with Gasteiger partial charge in [0, 0.05) is 0 Å². The van der Waals surface area contributed by atoms with Gasteiger partial charge in [-0.2, -0.15) is 0 Å². The summed E-state index contributed by atoms with van der Waals surface area (Å²) in [4.78, 5) is 0. The molecule has 0 spiro atoms. The Hall–Kier alpha value is -0.290. The zero-order valence-electron chi connectivity index (χ0n) is 17.0. The molecule has 2 nitrogen and oxygen atoms in total. The third kappa shape index (κ3) is 4.05. The Morgan fingerprint density at radius 3 is 2.00 bits per heavy atom. The van der Waals surface area contributed by atoms with Gasteiger partial charge in [-0.3, -0.25) is 0 Å². The molecule has 5 aliphatic rings. The third-order valence-corrected chi connectivity index (χ3v) is 8.30. The summed E-state index contributed by atoms with van der Waals surface area (Å²) >= 11 is 0. The van der Waals surface area contributed by atoms with E-state index in [-0.39, 0.29) is 24.0 Å². The number of piperidine rings is 1. The molecule has 0 amide bonds. The van der Waals surface area contributed by atoms with Gasteiger partial charge < -0.3 is 9.22 Å². The molecular weight excluding hydrogens is 445 g/mol. The van der Waals surface area contributed by atoms with Crippen LogP contribution in [0.2, 0.25) is 0 Å². The predicted octanol–water partition coefficient (Wildman–Crippen LogP) is 5.78. The summed E-state index contributed by atoms with van der Waals surface area (Å²) in [6, 6.07) is 9.31. The highest BCUT2D eigenvalue weighted by Crippen LogP contribution is 2.60. The third-order valence-electron chi connectivity index (χ3n) is 8.30. The average Bonchev–Trinajstić information content (AvgIpc) is 2.61. The highest BCUT2D eigenvalue weighted by atomic mass is 127. The van der Waals surface area contributed by atoms with Crippen LogP contribution in [-0.2, 0) is 5.41 Å². The van der Waals surface area contributed by atoms with E-state index in [4.69, 9.17) is 4.74 Å². The summed E-state index contributed by atoms with van der Waals surface area (Å²) in [6.45, 7) is 4.66. The van der Waals surface area contributed by atoms with Crippen molar-refractivity contribution in [1.82, 2.24) is 0 Å². The quantitative estimate of drug-likeness (QED) is 0.382. The lowest BCUT2D eigenvalue weighted by molar-refractivity contribution is -0.914. The molecule has 27 heavy (non-hydrogen) atoms. The van der Waals surface area contributed by atoms with Crippen LogP contribution in [0.4, 0.5) is 0 Å². The van der Waals surface area contributed by atoms with Gasteiger partial charge in [-0.05, 0) is 98.7 Å². The molecule has 0 atom stereocenters. The summed E-state index contributed by atoms with van der Waals surface area (Å²) in [5.74, 6) is 4.13. The Balaban J connectivity index is 0.00000180. The van der Waals surface area contributed by atoms with E-state index in [1.54, 1.807) is 5.56 Å². The Morgan fingerprint density at radius 1 is 0.889 bits per heavy atom. The lowest BCUT2D eigenvalue weighted by Gasteiger charge is -2.57. The van der Waals surface area contributed by atoms with Crippen molar-refractivity contribution in [3.05, 3.63) is 29.8 Å². The molecule has 5 fully saturated rings. The van der Waals surface area contributed by atoms with Crippen molar-refractivity contribution in [2.45, 2.75) is 63.2 Å². The molecule has 0 aromatic heterocycles. The van der Waals surface area contributed by atoms with Crippen molar-refractivity contribution >= 4 is 24.0 Å². The van der Waals surface area contributed by atoms with Crippen molar-refractivity contribution in [3.8, 4) is 5.75 Å². The number of likely N-dealkylation sites (tertiary alicyclic amines) is 1. The lowest BCUT2D eigenvalue weighted by Crippen LogP contribution is -2.50. The van der Waals surface area contributed by atoms with Crippen LogP contribution in [0.15, 0.2) is 24.3 Å². The highest BCUT2D eigenvalue weighted by molar-refractivity contribution is 14.0. The van der Waals surface area contributed by atoms with Crippen LogP contribution in [0.1, 0.15) is 63.4 Å². The molecule has 0 N–H and O–H groups in total. The smallest absolute Gasteiger partial charge is 0.137 e. The first-order valence-electron chi connectivity index (χ1n) is 11.2. The standard InChI is InChI=1S/C24H36NO.HI/c1-25(9-3-2-4-10-25)11-12-26-23-7-5-22(6-8-23)24-16-19-13-20(17-24)15-21(14-19)18-24;/h5-8,19-21H,2-4,9-18H2,1H3;1H/q+1;. The molecule has 4 bridgehead atoms. The zero-order chi connectivity index (χ0) is 17.6. The highest BCUT2D eigenvalue weighted by Gasteiger charge is 2.51. The number of halogens is 1. The normalized spacial score (nSPS) is 36.3. The molecule has 150 valence electrons. The second kappa shape index (κ2) is 7.85. The largest absolute Gasteiger partial charge is 0.488 e. The number of rotatable bonds is 5. The van der Waals surface area contributed by atoms with E-state index in [1.807, 2.05) is 0 Å². The van der Waals surface area contributed by atoms with Gasteiger partial charge in [0.15, 0.2) is 0 Å². The molecule has 1 aliphatic heterocycles. The number of benzene rings is 1. The summed E-state index contributed by atoms with van der Waals surface area (Å²) in [7, 11) is 2.40. The van der Waals surface area contributed by atoms with Gasteiger partial charge in [-0.15, -0.1) is 24.0 Å². The minimum atomic E-state index is 0. The fourth-order valence-electron chi connectivity index (χ4n) is 7.25. The van der Waals surface area contributed by atoms with Crippen molar-refractivity contribution < 1.29 is 9.22 Å².